The molecule has 0 aliphatic carbocycles. The molecule has 0 spiro atoms. The van der Waals surface area contributed by atoms with Crippen molar-refractivity contribution < 1.29 is 22.7 Å². The van der Waals surface area contributed by atoms with E-state index in [1.54, 1.807) is 47.5 Å². The van der Waals surface area contributed by atoms with Gasteiger partial charge < -0.3 is 14.4 Å². The lowest BCUT2D eigenvalue weighted by molar-refractivity contribution is 0.0929. The predicted molar refractivity (Wildman–Crippen MR) is 156 cm³/mol. The van der Waals surface area contributed by atoms with Gasteiger partial charge in [-0.05, 0) is 60.5 Å². The van der Waals surface area contributed by atoms with Gasteiger partial charge >= 0.3 is 6.09 Å². The number of carbonyl (C=O) groups is 1. The van der Waals surface area contributed by atoms with Crippen LogP contribution >= 0.6 is 0 Å². The fourth-order valence-corrected chi connectivity index (χ4v) is 4.99. The van der Waals surface area contributed by atoms with E-state index in [1.807, 2.05) is 37.3 Å². The summed E-state index contributed by atoms with van der Waals surface area (Å²) in [5.74, 6) is 0.917. The van der Waals surface area contributed by atoms with E-state index in [-0.39, 0.29) is 16.6 Å². The highest BCUT2D eigenvalue weighted by molar-refractivity contribution is 7.90. The van der Waals surface area contributed by atoms with Crippen molar-refractivity contribution in [2.75, 3.05) is 19.3 Å². The summed E-state index contributed by atoms with van der Waals surface area (Å²) in [4.78, 5) is 27.2. The van der Waals surface area contributed by atoms with Crippen LogP contribution < -0.4 is 15.0 Å². The Labute approximate surface area is 234 Å². The quantitative estimate of drug-likeness (QED) is 0.341. The first-order valence-electron chi connectivity index (χ1n) is 12.9. The maximum atomic E-state index is 12.7. The maximum absolute atomic E-state index is 12.7. The van der Waals surface area contributed by atoms with Crippen molar-refractivity contribution in [3.05, 3.63) is 114 Å². The van der Waals surface area contributed by atoms with E-state index in [0.29, 0.717) is 43.1 Å². The van der Waals surface area contributed by atoms with Crippen LogP contribution in [0.4, 0.5) is 4.79 Å². The highest BCUT2D eigenvalue weighted by atomic mass is 32.2. The summed E-state index contributed by atoms with van der Waals surface area (Å²) in [5, 5.41) is 0. The fourth-order valence-electron chi connectivity index (χ4n) is 4.36. The molecule has 9 heteroatoms. The molecule has 1 fully saturated rings. The average Bonchev–Trinajstić information content (AvgIpc) is 2.94. The van der Waals surface area contributed by atoms with Crippen molar-refractivity contribution in [2.45, 2.75) is 30.8 Å². The molecule has 0 bridgehead atoms. The van der Waals surface area contributed by atoms with Crippen molar-refractivity contribution >= 4 is 21.5 Å². The van der Waals surface area contributed by atoms with Crippen LogP contribution in [-0.2, 0) is 9.84 Å². The summed E-state index contributed by atoms with van der Waals surface area (Å²) >= 11 is 0. The Morgan fingerprint density at radius 3 is 2.25 bits per heavy atom. The summed E-state index contributed by atoms with van der Waals surface area (Å²) in [6, 6.07) is 16.6. The number of hydrogen-bond donors (Lipinski definition) is 0. The van der Waals surface area contributed by atoms with Crippen LogP contribution in [-0.4, -0.2) is 49.4 Å². The largest absolute Gasteiger partial charge is 0.490 e. The summed E-state index contributed by atoms with van der Waals surface area (Å²) in [6.07, 6.45) is 10.9. The molecule has 0 radical (unpaired) electrons. The van der Waals surface area contributed by atoms with E-state index in [0.717, 1.165) is 17.4 Å². The van der Waals surface area contributed by atoms with Gasteiger partial charge in [0, 0.05) is 50.1 Å². The Morgan fingerprint density at radius 2 is 1.68 bits per heavy atom. The highest BCUT2D eigenvalue weighted by Gasteiger charge is 2.25. The van der Waals surface area contributed by atoms with Gasteiger partial charge in [-0.2, -0.15) is 0 Å². The monoisotopic (exact) mass is 560 g/mol. The molecule has 208 valence electrons. The number of allylic oxidation sites excluding steroid dienone is 5. The van der Waals surface area contributed by atoms with Crippen molar-refractivity contribution in [2.24, 2.45) is 0 Å². The van der Waals surface area contributed by atoms with Crippen LogP contribution in [0.3, 0.4) is 0 Å². The molecule has 0 N–H and O–H groups in total. The van der Waals surface area contributed by atoms with Crippen LogP contribution in [0.15, 0.2) is 107 Å². The number of piperidine rings is 1. The third-order valence-corrected chi connectivity index (χ3v) is 7.68. The van der Waals surface area contributed by atoms with E-state index in [9.17, 15) is 18.0 Å². The van der Waals surface area contributed by atoms with Gasteiger partial charge in [0.25, 0.3) is 5.56 Å². The lowest BCUT2D eigenvalue weighted by Gasteiger charge is -2.31. The number of carbonyl (C=O) groups excluding carboxylic acids is 1. The second kappa shape index (κ2) is 12.7. The Bertz CT molecular complexity index is 1580. The zero-order valence-corrected chi connectivity index (χ0v) is 23.3. The number of hydrogen-bond acceptors (Lipinski definition) is 6. The van der Waals surface area contributed by atoms with E-state index in [2.05, 4.69) is 6.58 Å². The molecule has 1 amide bonds. The number of pyridine rings is 1. The third-order valence-electron chi connectivity index (χ3n) is 6.55. The Morgan fingerprint density at radius 1 is 1.00 bits per heavy atom. The van der Waals surface area contributed by atoms with Crippen molar-refractivity contribution in [3.63, 3.8) is 0 Å². The first-order chi connectivity index (χ1) is 19.2. The highest BCUT2D eigenvalue weighted by Crippen LogP contribution is 2.23. The molecule has 1 saturated heterocycles. The van der Waals surface area contributed by atoms with E-state index in [4.69, 9.17) is 9.47 Å². The molecule has 4 rings (SSSR count). The number of sulfone groups is 1. The minimum Gasteiger partial charge on any atom is -0.490 e. The smallest absolute Gasteiger partial charge is 0.415 e. The number of amides is 1. The second-order valence-corrected chi connectivity index (χ2v) is 11.4. The van der Waals surface area contributed by atoms with Gasteiger partial charge in [0.15, 0.2) is 9.84 Å². The molecular formula is C31H32N2O6S. The molecule has 0 atom stereocenters. The fraction of sp³-hybridized carbons (Fsp3) is 0.226. The van der Waals surface area contributed by atoms with Crippen LogP contribution in [0.2, 0.25) is 0 Å². The summed E-state index contributed by atoms with van der Waals surface area (Å²) in [7, 11) is -3.31. The molecule has 1 aromatic heterocycles. The van der Waals surface area contributed by atoms with Gasteiger partial charge in [-0.3, -0.25) is 9.36 Å². The van der Waals surface area contributed by atoms with Gasteiger partial charge in [0.1, 0.15) is 17.6 Å². The van der Waals surface area contributed by atoms with Crippen LogP contribution in [0.1, 0.15) is 25.3 Å². The number of likely N-dealkylation sites (tertiary alicyclic amines) is 1. The first-order valence-corrected chi connectivity index (χ1v) is 14.8. The molecule has 8 nitrogen and oxygen atoms in total. The lowest BCUT2D eigenvalue weighted by Crippen LogP contribution is -2.43. The first kappa shape index (κ1) is 28.6. The second-order valence-electron chi connectivity index (χ2n) is 9.37. The maximum Gasteiger partial charge on any atom is 0.415 e. The number of ether oxygens (including phenoxy) is 2. The van der Waals surface area contributed by atoms with Gasteiger partial charge in [0.2, 0.25) is 0 Å². The molecule has 2 aromatic carbocycles. The number of nitrogens with zero attached hydrogens (tertiary/aromatic N) is 2. The molecule has 0 unspecified atom stereocenters. The molecule has 1 aliphatic rings. The topological polar surface area (TPSA) is 94.9 Å². The van der Waals surface area contributed by atoms with Gasteiger partial charge in [-0.15, -0.1) is 0 Å². The molecule has 2 heterocycles. The number of aromatic nitrogens is 1. The van der Waals surface area contributed by atoms with Gasteiger partial charge in [-0.25, -0.2) is 13.2 Å². The standard InChI is InChI=1S/C31H32N2O6S/c1-4-6-7-23(5-2)24-8-12-26(13-9-24)39-31(35)32-19-16-27(17-20-32)38-28-18-21-33(30(34)22-28)25-10-14-29(15-11-25)40(3,36)37/h4-15,18,21-22,27H,1,16-17,19-20H2,2-3H3/b7-6-,23-5+. The minimum atomic E-state index is -3.31. The van der Waals surface area contributed by atoms with Crippen LogP contribution in [0.5, 0.6) is 11.5 Å². The molecule has 3 aromatic rings. The van der Waals surface area contributed by atoms with Gasteiger partial charge in [0.05, 0.1) is 4.90 Å². The molecule has 40 heavy (non-hydrogen) atoms. The lowest BCUT2D eigenvalue weighted by atomic mass is 10.1. The molecular weight excluding hydrogens is 528 g/mol. The van der Waals surface area contributed by atoms with Crippen molar-refractivity contribution in [3.8, 4) is 17.2 Å². The Balaban J connectivity index is 1.30. The average molecular weight is 561 g/mol. The summed E-state index contributed by atoms with van der Waals surface area (Å²) < 4.78 is 36.3. The molecule has 0 saturated carbocycles. The van der Waals surface area contributed by atoms with E-state index < -0.39 is 15.9 Å². The SMILES string of the molecule is C=C/C=C\C(=C/C)c1ccc(OC(=O)N2CCC(Oc3ccn(-c4ccc(S(C)(=O)=O)cc4)c(=O)c3)CC2)cc1. The zero-order valence-electron chi connectivity index (χ0n) is 22.5. The minimum absolute atomic E-state index is 0.143. The third kappa shape index (κ3) is 7.18. The Kier molecular flexibility index (Phi) is 9.06. The van der Waals surface area contributed by atoms with Crippen molar-refractivity contribution in [1.82, 2.24) is 9.47 Å². The number of rotatable bonds is 8. The van der Waals surface area contributed by atoms with Crippen LogP contribution in [0, 0.1) is 0 Å². The van der Waals surface area contributed by atoms with Gasteiger partial charge in [-0.1, -0.05) is 43.0 Å². The predicted octanol–water partition coefficient (Wildman–Crippen LogP) is 5.43. The van der Waals surface area contributed by atoms with E-state index >= 15 is 0 Å². The summed E-state index contributed by atoms with van der Waals surface area (Å²) in [6.45, 7) is 6.60. The zero-order chi connectivity index (χ0) is 28.7. The summed E-state index contributed by atoms with van der Waals surface area (Å²) in [5.41, 5.74) is 2.31. The normalized spacial score (nSPS) is 14.8. The Hall–Kier alpha value is -4.37. The van der Waals surface area contributed by atoms with E-state index in [1.165, 1.54) is 22.8 Å². The van der Waals surface area contributed by atoms with Crippen molar-refractivity contribution in [1.29, 1.82) is 0 Å². The molecule has 1 aliphatic heterocycles. The number of benzene rings is 2. The van der Waals surface area contributed by atoms with Crippen LogP contribution in [0.25, 0.3) is 11.3 Å².